The highest BCUT2D eigenvalue weighted by Crippen LogP contribution is 2.30. The van der Waals surface area contributed by atoms with Gasteiger partial charge in [-0.25, -0.2) is 8.42 Å². The first kappa shape index (κ1) is 20.6. The lowest BCUT2D eigenvalue weighted by Crippen LogP contribution is -2.41. The molecule has 0 unspecified atom stereocenters. The molecule has 0 spiro atoms. The molecule has 2 aromatic carbocycles. The maximum atomic E-state index is 13.0. The standard InChI is InChI=1S/C20H23ClN2O4S/c1-14-16(21)6-5-9-19(14)28(25,26)23-12-10-15(11-13-23)20(24)22-17-7-3-4-8-18(17)27-2/h3-9,15H,10-13H2,1-2H3,(H,22,24). The van der Waals surface area contributed by atoms with Gasteiger partial charge in [0, 0.05) is 24.0 Å². The van der Waals surface area contributed by atoms with E-state index in [1.807, 2.05) is 12.1 Å². The molecule has 2 aromatic rings. The second kappa shape index (κ2) is 8.51. The molecular weight excluding hydrogens is 400 g/mol. The van der Waals surface area contributed by atoms with Gasteiger partial charge in [0.05, 0.1) is 17.7 Å². The van der Waals surface area contributed by atoms with Gasteiger partial charge in [-0.3, -0.25) is 4.79 Å². The number of rotatable bonds is 5. The first-order valence-corrected chi connectivity index (χ1v) is 10.9. The van der Waals surface area contributed by atoms with Crippen molar-refractivity contribution >= 4 is 33.2 Å². The van der Waals surface area contributed by atoms with Crippen molar-refractivity contribution in [1.82, 2.24) is 4.31 Å². The predicted octanol–water partition coefficient (Wildman–Crippen LogP) is 3.70. The molecule has 3 rings (SSSR count). The van der Waals surface area contributed by atoms with Crippen LogP contribution in [0.15, 0.2) is 47.4 Å². The smallest absolute Gasteiger partial charge is 0.243 e. The van der Waals surface area contributed by atoms with Crippen molar-refractivity contribution in [3.63, 3.8) is 0 Å². The number of halogens is 1. The van der Waals surface area contributed by atoms with Gasteiger partial charge in [-0.2, -0.15) is 4.31 Å². The average Bonchev–Trinajstić information content (AvgIpc) is 2.70. The molecule has 1 N–H and O–H groups in total. The molecule has 0 bridgehead atoms. The molecule has 0 aliphatic carbocycles. The Morgan fingerprint density at radius 1 is 1.14 bits per heavy atom. The Labute approximate surface area is 170 Å². The largest absolute Gasteiger partial charge is 0.495 e. The number of nitrogens with zero attached hydrogens (tertiary/aromatic N) is 1. The van der Waals surface area contributed by atoms with Crippen molar-refractivity contribution in [2.75, 3.05) is 25.5 Å². The number of amides is 1. The number of hydrogen-bond acceptors (Lipinski definition) is 4. The fourth-order valence-corrected chi connectivity index (χ4v) is 5.29. The van der Waals surface area contributed by atoms with Crippen LogP contribution in [0.4, 0.5) is 5.69 Å². The van der Waals surface area contributed by atoms with Crippen molar-refractivity contribution in [2.24, 2.45) is 5.92 Å². The zero-order valence-electron chi connectivity index (χ0n) is 15.8. The third-order valence-corrected chi connectivity index (χ3v) is 7.48. The second-order valence-electron chi connectivity index (χ2n) is 6.73. The Hall–Kier alpha value is -2.09. The molecule has 0 saturated carbocycles. The van der Waals surface area contributed by atoms with Crippen LogP contribution in [0.1, 0.15) is 18.4 Å². The summed E-state index contributed by atoms with van der Waals surface area (Å²) in [6.07, 6.45) is 0.916. The summed E-state index contributed by atoms with van der Waals surface area (Å²) in [5.41, 5.74) is 1.15. The van der Waals surface area contributed by atoms with Crippen molar-refractivity contribution in [1.29, 1.82) is 0 Å². The summed E-state index contributed by atoms with van der Waals surface area (Å²) in [6.45, 7) is 2.28. The summed E-state index contributed by atoms with van der Waals surface area (Å²) in [4.78, 5) is 12.8. The fraction of sp³-hybridized carbons (Fsp3) is 0.350. The van der Waals surface area contributed by atoms with Crippen LogP contribution in [-0.4, -0.2) is 38.8 Å². The Balaban J connectivity index is 1.67. The molecule has 1 aliphatic rings. The maximum absolute atomic E-state index is 13.0. The summed E-state index contributed by atoms with van der Waals surface area (Å²) in [5, 5.41) is 3.31. The van der Waals surface area contributed by atoms with Crippen LogP contribution in [-0.2, 0) is 14.8 Å². The number of carbonyl (C=O) groups excluding carboxylic acids is 1. The van der Waals surface area contributed by atoms with E-state index in [0.29, 0.717) is 34.9 Å². The molecule has 8 heteroatoms. The van der Waals surface area contributed by atoms with E-state index in [0.717, 1.165) is 0 Å². The molecule has 1 heterocycles. The molecule has 1 fully saturated rings. The first-order valence-electron chi connectivity index (χ1n) is 9.03. The molecule has 0 aromatic heterocycles. The van der Waals surface area contributed by atoms with E-state index in [4.69, 9.17) is 16.3 Å². The number of carbonyl (C=O) groups is 1. The van der Waals surface area contributed by atoms with Crippen molar-refractivity contribution in [3.05, 3.63) is 53.1 Å². The van der Waals surface area contributed by atoms with Crippen LogP contribution in [0.3, 0.4) is 0 Å². The van der Waals surface area contributed by atoms with Crippen LogP contribution in [0.25, 0.3) is 0 Å². The molecule has 150 valence electrons. The highest BCUT2D eigenvalue weighted by Gasteiger charge is 2.33. The minimum Gasteiger partial charge on any atom is -0.495 e. The number of sulfonamides is 1. The van der Waals surface area contributed by atoms with Crippen molar-refractivity contribution in [3.8, 4) is 5.75 Å². The third kappa shape index (κ3) is 4.16. The number of methoxy groups -OCH3 is 1. The van der Waals surface area contributed by atoms with E-state index in [1.165, 1.54) is 4.31 Å². The van der Waals surface area contributed by atoms with Crippen LogP contribution >= 0.6 is 11.6 Å². The molecule has 0 radical (unpaired) electrons. The summed E-state index contributed by atoms with van der Waals surface area (Å²) < 4.78 is 32.6. The van der Waals surface area contributed by atoms with Gasteiger partial charge in [-0.1, -0.05) is 29.8 Å². The van der Waals surface area contributed by atoms with E-state index >= 15 is 0 Å². The van der Waals surface area contributed by atoms with Gasteiger partial charge >= 0.3 is 0 Å². The van der Waals surface area contributed by atoms with E-state index in [9.17, 15) is 13.2 Å². The van der Waals surface area contributed by atoms with Gasteiger partial charge in [-0.05, 0) is 49.6 Å². The number of para-hydroxylation sites is 2. The summed E-state index contributed by atoms with van der Waals surface area (Å²) in [5.74, 6) is 0.213. The number of anilines is 1. The van der Waals surface area contributed by atoms with Gasteiger partial charge in [0.2, 0.25) is 15.9 Å². The quantitative estimate of drug-likeness (QED) is 0.797. The minimum atomic E-state index is -3.64. The van der Waals surface area contributed by atoms with Crippen LogP contribution in [0, 0.1) is 12.8 Å². The van der Waals surface area contributed by atoms with E-state index in [-0.39, 0.29) is 29.8 Å². The molecular formula is C20H23ClN2O4S. The molecule has 6 nitrogen and oxygen atoms in total. The maximum Gasteiger partial charge on any atom is 0.243 e. The highest BCUT2D eigenvalue weighted by atomic mass is 35.5. The van der Waals surface area contributed by atoms with Gasteiger partial charge in [0.25, 0.3) is 0 Å². The minimum absolute atomic E-state index is 0.125. The van der Waals surface area contributed by atoms with Crippen LogP contribution < -0.4 is 10.1 Å². The fourth-order valence-electron chi connectivity index (χ4n) is 3.35. The lowest BCUT2D eigenvalue weighted by atomic mass is 9.97. The zero-order chi connectivity index (χ0) is 20.3. The topological polar surface area (TPSA) is 75.7 Å². The monoisotopic (exact) mass is 422 g/mol. The molecule has 1 saturated heterocycles. The van der Waals surface area contributed by atoms with Gasteiger partial charge < -0.3 is 10.1 Å². The van der Waals surface area contributed by atoms with Crippen LogP contribution in [0.5, 0.6) is 5.75 Å². The normalized spacial score (nSPS) is 16.0. The lowest BCUT2D eigenvalue weighted by molar-refractivity contribution is -0.120. The number of ether oxygens (including phenoxy) is 1. The highest BCUT2D eigenvalue weighted by molar-refractivity contribution is 7.89. The molecule has 1 aliphatic heterocycles. The van der Waals surface area contributed by atoms with Crippen molar-refractivity contribution < 1.29 is 17.9 Å². The van der Waals surface area contributed by atoms with Gasteiger partial charge in [0.1, 0.15) is 5.75 Å². The Kier molecular flexibility index (Phi) is 6.27. The van der Waals surface area contributed by atoms with E-state index in [2.05, 4.69) is 5.32 Å². The van der Waals surface area contributed by atoms with Crippen molar-refractivity contribution in [2.45, 2.75) is 24.7 Å². The number of nitrogens with one attached hydrogen (secondary N) is 1. The summed E-state index contributed by atoms with van der Waals surface area (Å²) >= 11 is 6.08. The number of hydrogen-bond donors (Lipinski definition) is 1. The van der Waals surface area contributed by atoms with Gasteiger partial charge in [-0.15, -0.1) is 0 Å². The zero-order valence-corrected chi connectivity index (χ0v) is 17.4. The number of benzene rings is 2. The Bertz CT molecular complexity index is 970. The van der Waals surface area contributed by atoms with Crippen LogP contribution in [0.2, 0.25) is 5.02 Å². The number of piperidine rings is 1. The van der Waals surface area contributed by atoms with E-state index in [1.54, 1.807) is 44.4 Å². The summed E-state index contributed by atoms with van der Waals surface area (Å²) in [7, 11) is -2.09. The predicted molar refractivity (Wildman–Crippen MR) is 109 cm³/mol. The molecule has 28 heavy (non-hydrogen) atoms. The summed E-state index contributed by atoms with van der Waals surface area (Å²) in [6, 6.07) is 12.1. The first-order chi connectivity index (χ1) is 13.3. The average molecular weight is 423 g/mol. The van der Waals surface area contributed by atoms with E-state index < -0.39 is 10.0 Å². The molecule has 0 atom stereocenters. The Morgan fingerprint density at radius 2 is 1.82 bits per heavy atom. The Morgan fingerprint density at radius 3 is 2.50 bits per heavy atom. The van der Waals surface area contributed by atoms with Gasteiger partial charge in [0.15, 0.2) is 0 Å². The second-order valence-corrected chi connectivity index (χ2v) is 9.04. The molecule has 1 amide bonds. The lowest BCUT2D eigenvalue weighted by Gasteiger charge is -2.31. The SMILES string of the molecule is COc1ccccc1NC(=O)C1CCN(S(=O)(=O)c2cccc(Cl)c2C)CC1. The third-order valence-electron chi connectivity index (χ3n) is 5.03.